The maximum atomic E-state index is 12.9. The van der Waals surface area contributed by atoms with E-state index in [1.54, 1.807) is 13.0 Å². The topological polar surface area (TPSA) is 46.2 Å². The second kappa shape index (κ2) is 5.73. The summed E-state index contributed by atoms with van der Waals surface area (Å²) in [6.07, 6.45) is 3.57. The molecule has 0 aromatic heterocycles. The van der Waals surface area contributed by atoms with E-state index in [0.29, 0.717) is 11.3 Å². The van der Waals surface area contributed by atoms with E-state index < -0.39 is 11.6 Å². The first kappa shape index (κ1) is 16.4. The number of fused-ring (bicyclic) bond motifs is 2. The van der Waals surface area contributed by atoms with E-state index in [0.717, 1.165) is 11.3 Å². The molecule has 2 aliphatic rings. The Bertz CT molecular complexity index is 1000. The van der Waals surface area contributed by atoms with Crippen molar-refractivity contribution in [1.82, 2.24) is 0 Å². The SMILES string of the molecule is Cc1c(Cl)c(Cl)c(Cl)c2c1C(=O)/C(=C1\C=Cc3ccccc3N1)C2=O. The lowest BCUT2D eigenvalue weighted by Gasteiger charge is -2.16. The number of anilines is 1. The summed E-state index contributed by atoms with van der Waals surface area (Å²) >= 11 is 18.5. The molecule has 1 heterocycles. The van der Waals surface area contributed by atoms with Crippen LogP contribution in [-0.4, -0.2) is 11.6 Å². The summed E-state index contributed by atoms with van der Waals surface area (Å²) in [6.45, 7) is 1.65. The summed E-state index contributed by atoms with van der Waals surface area (Å²) in [5.41, 5.74) is 3.08. The molecule has 1 aliphatic carbocycles. The van der Waals surface area contributed by atoms with Crippen molar-refractivity contribution in [2.45, 2.75) is 6.92 Å². The number of hydrogen-bond donors (Lipinski definition) is 1. The summed E-state index contributed by atoms with van der Waals surface area (Å²) in [5.74, 6) is -0.845. The van der Waals surface area contributed by atoms with Crippen LogP contribution in [-0.2, 0) is 0 Å². The molecule has 3 nitrogen and oxygen atoms in total. The van der Waals surface area contributed by atoms with E-state index in [1.807, 2.05) is 30.3 Å². The Hall–Kier alpha value is -2.07. The van der Waals surface area contributed by atoms with Crippen molar-refractivity contribution < 1.29 is 9.59 Å². The minimum Gasteiger partial charge on any atom is -0.354 e. The Labute approximate surface area is 158 Å². The number of nitrogens with one attached hydrogen (secondary N) is 1. The molecule has 0 saturated carbocycles. The highest BCUT2D eigenvalue weighted by Crippen LogP contribution is 2.44. The number of Topliss-reactive ketones (excluding diaryl/α,β-unsaturated/α-hetero) is 2. The molecule has 4 rings (SSSR count). The monoisotopic (exact) mass is 389 g/mol. The van der Waals surface area contributed by atoms with Gasteiger partial charge in [-0.1, -0.05) is 59.1 Å². The van der Waals surface area contributed by atoms with Crippen LogP contribution in [0.5, 0.6) is 0 Å². The molecule has 2 aromatic rings. The molecule has 0 atom stereocenters. The van der Waals surface area contributed by atoms with Gasteiger partial charge in [-0.05, 0) is 30.2 Å². The Balaban J connectivity index is 1.93. The predicted molar refractivity (Wildman–Crippen MR) is 101 cm³/mol. The largest absolute Gasteiger partial charge is 0.354 e. The van der Waals surface area contributed by atoms with E-state index in [-0.39, 0.29) is 31.8 Å². The van der Waals surface area contributed by atoms with Crippen molar-refractivity contribution in [1.29, 1.82) is 0 Å². The number of carbonyl (C=O) groups excluding carboxylic acids is 2. The van der Waals surface area contributed by atoms with Gasteiger partial charge in [-0.25, -0.2) is 0 Å². The van der Waals surface area contributed by atoms with E-state index in [9.17, 15) is 9.59 Å². The fourth-order valence-electron chi connectivity index (χ4n) is 3.13. The Morgan fingerprint density at radius 2 is 1.52 bits per heavy atom. The summed E-state index contributed by atoms with van der Waals surface area (Å²) in [4.78, 5) is 25.9. The zero-order valence-corrected chi connectivity index (χ0v) is 15.2. The molecule has 0 amide bonds. The van der Waals surface area contributed by atoms with Gasteiger partial charge in [-0.3, -0.25) is 9.59 Å². The van der Waals surface area contributed by atoms with Crippen molar-refractivity contribution in [3.63, 3.8) is 0 Å². The van der Waals surface area contributed by atoms with Crippen LogP contribution in [0, 0.1) is 6.92 Å². The van der Waals surface area contributed by atoms with E-state index in [4.69, 9.17) is 34.8 Å². The first-order chi connectivity index (χ1) is 11.9. The zero-order chi connectivity index (χ0) is 17.9. The smallest absolute Gasteiger partial charge is 0.201 e. The number of benzene rings is 2. The van der Waals surface area contributed by atoms with Crippen molar-refractivity contribution in [3.8, 4) is 0 Å². The van der Waals surface area contributed by atoms with Crippen LogP contribution < -0.4 is 5.32 Å². The number of carbonyl (C=O) groups is 2. The molecule has 0 saturated heterocycles. The molecule has 124 valence electrons. The summed E-state index contributed by atoms with van der Waals surface area (Å²) in [6, 6.07) is 7.61. The van der Waals surface area contributed by atoms with Gasteiger partial charge >= 0.3 is 0 Å². The molecule has 6 heteroatoms. The third-order valence-electron chi connectivity index (χ3n) is 4.40. The van der Waals surface area contributed by atoms with Crippen molar-refractivity contribution >= 4 is 58.1 Å². The molecule has 1 N–H and O–H groups in total. The molecule has 25 heavy (non-hydrogen) atoms. The average Bonchev–Trinajstić information content (AvgIpc) is 2.88. The third kappa shape index (κ3) is 2.27. The fourth-order valence-corrected chi connectivity index (χ4v) is 3.88. The normalized spacial score (nSPS) is 18.2. The number of allylic oxidation sites excluding steroid dienone is 2. The van der Waals surface area contributed by atoms with E-state index >= 15 is 0 Å². The van der Waals surface area contributed by atoms with E-state index in [2.05, 4.69) is 5.32 Å². The average molecular weight is 391 g/mol. The Morgan fingerprint density at radius 1 is 0.840 bits per heavy atom. The molecule has 0 fully saturated rings. The van der Waals surface area contributed by atoms with Crippen molar-refractivity contribution in [2.75, 3.05) is 5.32 Å². The van der Waals surface area contributed by atoms with Crippen LogP contribution in [0.2, 0.25) is 15.1 Å². The highest BCUT2D eigenvalue weighted by atomic mass is 35.5. The van der Waals surface area contributed by atoms with Gasteiger partial charge in [-0.15, -0.1) is 0 Å². The van der Waals surface area contributed by atoms with Gasteiger partial charge in [0.25, 0.3) is 0 Å². The number of halogens is 3. The van der Waals surface area contributed by atoms with Gasteiger partial charge in [0.15, 0.2) is 5.78 Å². The maximum Gasteiger partial charge on any atom is 0.201 e. The second-order valence-corrected chi connectivity index (χ2v) is 6.94. The number of rotatable bonds is 0. The Kier molecular flexibility index (Phi) is 3.76. The predicted octanol–water partition coefficient (Wildman–Crippen LogP) is 5.73. The van der Waals surface area contributed by atoms with Crippen molar-refractivity contribution in [3.05, 3.63) is 78.9 Å². The number of ketones is 2. The molecule has 0 bridgehead atoms. The molecule has 0 unspecified atom stereocenters. The maximum absolute atomic E-state index is 12.9. The summed E-state index contributed by atoms with van der Waals surface area (Å²) in [5, 5.41) is 3.44. The van der Waals surface area contributed by atoms with Crippen molar-refractivity contribution in [2.24, 2.45) is 0 Å². The molecular formula is C19H10Cl3NO2. The molecule has 0 radical (unpaired) electrons. The molecular weight excluding hydrogens is 381 g/mol. The van der Waals surface area contributed by atoms with Gasteiger partial charge in [0.2, 0.25) is 5.78 Å². The third-order valence-corrected chi connectivity index (χ3v) is 5.82. The van der Waals surface area contributed by atoms with Gasteiger partial charge < -0.3 is 5.32 Å². The first-order valence-electron chi connectivity index (χ1n) is 7.46. The standard InChI is InChI=1S/C19H10Cl3NO2/c1-8-12-14(16(21)17(22)15(8)20)19(25)13(18(12)24)11-7-6-9-4-2-3-5-10(9)23-11/h2-7,23H,1H3/b13-11-. The van der Waals surface area contributed by atoms with Crippen LogP contribution in [0.1, 0.15) is 31.8 Å². The highest BCUT2D eigenvalue weighted by molar-refractivity contribution is 6.53. The Morgan fingerprint density at radius 3 is 2.28 bits per heavy atom. The van der Waals surface area contributed by atoms with Gasteiger partial charge in [0.05, 0.1) is 31.9 Å². The lowest BCUT2D eigenvalue weighted by atomic mass is 10.0. The first-order valence-corrected chi connectivity index (χ1v) is 8.60. The van der Waals surface area contributed by atoms with Gasteiger partial charge in [0, 0.05) is 11.3 Å². The lowest BCUT2D eigenvalue weighted by Crippen LogP contribution is -2.13. The number of para-hydroxylation sites is 1. The minimum atomic E-state index is -0.446. The highest BCUT2D eigenvalue weighted by Gasteiger charge is 2.40. The fraction of sp³-hybridized carbons (Fsp3) is 0.0526. The zero-order valence-electron chi connectivity index (χ0n) is 12.9. The number of hydrogen-bond acceptors (Lipinski definition) is 3. The molecule has 0 spiro atoms. The van der Waals surface area contributed by atoms with Gasteiger partial charge in [0.1, 0.15) is 0 Å². The van der Waals surface area contributed by atoms with E-state index in [1.165, 1.54) is 0 Å². The van der Waals surface area contributed by atoms with Gasteiger partial charge in [-0.2, -0.15) is 0 Å². The molecule has 2 aromatic carbocycles. The molecule has 1 aliphatic heterocycles. The lowest BCUT2D eigenvalue weighted by molar-refractivity contribution is 0.0987. The van der Waals surface area contributed by atoms with Crippen LogP contribution in [0.3, 0.4) is 0 Å². The van der Waals surface area contributed by atoms with Crippen LogP contribution in [0.15, 0.2) is 41.6 Å². The van der Waals surface area contributed by atoms with Crippen LogP contribution >= 0.6 is 34.8 Å². The summed E-state index contributed by atoms with van der Waals surface area (Å²) in [7, 11) is 0. The van der Waals surface area contributed by atoms with Crippen LogP contribution in [0.4, 0.5) is 5.69 Å². The quantitative estimate of drug-likeness (QED) is 0.355. The minimum absolute atomic E-state index is 0.0152. The second-order valence-electron chi connectivity index (χ2n) is 5.81. The van der Waals surface area contributed by atoms with Crippen LogP contribution in [0.25, 0.3) is 6.08 Å². The summed E-state index contributed by atoms with van der Waals surface area (Å²) < 4.78 is 0.